The summed E-state index contributed by atoms with van der Waals surface area (Å²) in [5, 5.41) is 2.92. The van der Waals surface area contributed by atoms with Gasteiger partial charge in [-0.3, -0.25) is 4.79 Å². The predicted molar refractivity (Wildman–Crippen MR) is 67.6 cm³/mol. The molecule has 82 valence electrons. The normalized spacial score (nSPS) is 12.3. The van der Waals surface area contributed by atoms with E-state index in [0.717, 1.165) is 23.2 Å². The van der Waals surface area contributed by atoms with Crippen LogP contribution in [0.3, 0.4) is 0 Å². The molecule has 1 amide bonds. The Labute approximate surface area is 99.2 Å². The summed E-state index contributed by atoms with van der Waals surface area (Å²) in [6.07, 6.45) is 0.788. The van der Waals surface area contributed by atoms with Gasteiger partial charge >= 0.3 is 0 Å². The molecule has 0 aromatic heterocycles. The number of nitrogens with one attached hydrogen (secondary N) is 1. The number of hydrogen-bond donors (Lipinski definition) is 1. The van der Waals surface area contributed by atoms with Crippen molar-refractivity contribution in [3.05, 3.63) is 29.3 Å². The van der Waals surface area contributed by atoms with Crippen molar-refractivity contribution in [1.82, 2.24) is 0 Å². The highest BCUT2D eigenvalue weighted by Gasteiger charge is 2.12. The first-order valence-electron chi connectivity index (χ1n) is 5.06. The van der Waals surface area contributed by atoms with Crippen LogP contribution in [0.2, 0.25) is 0 Å². The molecule has 1 atom stereocenters. The maximum Gasteiger partial charge on any atom is 0.238 e. The molecule has 2 nitrogen and oxygen atoms in total. The number of anilines is 1. The summed E-state index contributed by atoms with van der Waals surface area (Å²) in [5.41, 5.74) is 3.14. The van der Waals surface area contributed by atoms with Crippen molar-refractivity contribution < 1.29 is 4.79 Å². The minimum atomic E-state index is -0.114. The summed E-state index contributed by atoms with van der Waals surface area (Å²) in [7, 11) is 0. The molecule has 0 spiro atoms. The summed E-state index contributed by atoms with van der Waals surface area (Å²) >= 11 is 3.33. The summed E-state index contributed by atoms with van der Waals surface area (Å²) in [6, 6.07) is 6.04. The van der Waals surface area contributed by atoms with E-state index in [1.165, 1.54) is 0 Å². The Morgan fingerprint density at radius 3 is 2.73 bits per heavy atom. The van der Waals surface area contributed by atoms with Crippen LogP contribution in [-0.4, -0.2) is 10.7 Å². The first-order valence-corrected chi connectivity index (χ1v) is 5.98. The maximum atomic E-state index is 11.6. The van der Waals surface area contributed by atoms with Crippen LogP contribution in [0.1, 0.15) is 24.5 Å². The lowest BCUT2D eigenvalue weighted by molar-refractivity contribution is -0.115. The van der Waals surface area contributed by atoms with Gasteiger partial charge in [0.25, 0.3) is 0 Å². The molecule has 0 fully saturated rings. The minimum absolute atomic E-state index is 0.0196. The Hall–Kier alpha value is -0.830. The van der Waals surface area contributed by atoms with Gasteiger partial charge < -0.3 is 5.32 Å². The van der Waals surface area contributed by atoms with Crippen molar-refractivity contribution in [2.45, 2.75) is 32.0 Å². The second-order valence-corrected chi connectivity index (χ2v) is 4.79. The van der Waals surface area contributed by atoms with E-state index in [4.69, 9.17) is 0 Å². The quantitative estimate of drug-likeness (QED) is 0.838. The SMILES string of the molecule is CC[C@@H](Br)C(=O)Nc1cc(C)ccc1C. The van der Waals surface area contributed by atoms with Gasteiger partial charge in [-0.25, -0.2) is 0 Å². The predicted octanol–water partition coefficient (Wildman–Crippen LogP) is 3.42. The van der Waals surface area contributed by atoms with E-state index in [1.807, 2.05) is 39.0 Å². The van der Waals surface area contributed by atoms with Crippen LogP contribution in [0.25, 0.3) is 0 Å². The van der Waals surface area contributed by atoms with Crippen molar-refractivity contribution in [3.8, 4) is 0 Å². The number of aryl methyl sites for hydroxylation is 2. The molecule has 0 aliphatic heterocycles. The zero-order chi connectivity index (χ0) is 11.4. The van der Waals surface area contributed by atoms with Gasteiger partial charge in [0, 0.05) is 5.69 Å². The lowest BCUT2D eigenvalue weighted by atomic mass is 10.1. The van der Waals surface area contributed by atoms with Crippen LogP contribution >= 0.6 is 15.9 Å². The number of benzene rings is 1. The van der Waals surface area contributed by atoms with Gasteiger partial charge in [0.2, 0.25) is 5.91 Å². The number of amides is 1. The van der Waals surface area contributed by atoms with Gasteiger partial charge in [0.05, 0.1) is 4.83 Å². The minimum Gasteiger partial charge on any atom is -0.325 e. The van der Waals surface area contributed by atoms with E-state index < -0.39 is 0 Å². The van der Waals surface area contributed by atoms with Crippen LogP contribution in [0.5, 0.6) is 0 Å². The van der Waals surface area contributed by atoms with Crippen LogP contribution in [0.15, 0.2) is 18.2 Å². The van der Waals surface area contributed by atoms with Crippen molar-refractivity contribution in [1.29, 1.82) is 0 Å². The van der Waals surface area contributed by atoms with Crippen LogP contribution in [0.4, 0.5) is 5.69 Å². The Kier molecular flexibility index (Phi) is 4.33. The smallest absolute Gasteiger partial charge is 0.238 e. The lowest BCUT2D eigenvalue weighted by Crippen LogP contribution is -2.22. The molecule has 0 aliphatic carbocycles. The van der Waals surface area contributed by atoms with Crippen LogP contribution < -0.4 is 5.32 Å². The second-order valence-electron chi connectivity index (χ2n) is 3.68. The van der Waals surface area contributed by atoms with Crippen molar-refractivity contribution in [3.63, 3.8) is 0 Å². The lowest BCUT2D eigenvalue weighted by Gasteiger charge is -2.11. The highest BCUT2D eigenvalue weighted by atomic mass is 79.9. The van der Waals surface area contributed by atoms with Crippen molar-refractivity contribution in [2.75, 3.05) is 5.32 Å². The third-order valence-electron chi connectivity index (χ3n) is 2.29. The fraction of sp³-hybridized carbons (Fsp3) is 0.417. The van der Waals surface area contributed by atoms with Gasteiger partial charge in [0.1, 0.15) is 0 Å². The van der Waals surface area contributed by atoms with E-state index >= 15 is 0 Å². The van der Waals surface area contributed by atoms with Gasteiger partial charge in [-0.15, -0.1) is 0 Å². The number of halogens is 1. The van der Waals surface area contributed by atoms with Crippen molar-refractivity contribution in [2.24, 2.45) is 0 Å². The molecular weight excluding hydrogens is 254 g/mol. The fourth-order valence-electron chi connectivity index (χ4n) is 1.27. The Morgan fingerprint density at radius 2 is 2.13 bits per heavy atom. The molecule has 1 aromatic rings. The summed E-state index contributed by atoms with van der Waals surface area (Å²) in [5.74, 6) is 0.0196. The number of carbonyl (C=O) groups is 1. The first-order chi connectivity index (χ1) is 7.04. The topological polar surface area (TPSA) is 29.1 Å². The Morgan fingerprint density at radius 1 is 1.47 bits per heavy atom. The molecule has 0 aliphatic rings. The van der Waals surface area contributed by atoms with Crippen molar-refractivity contribution >= 4 is 27.5 Å². The molecule has 0 heterocycles. The summed E-state index contributed by atoms with van der Waals surface area (Å²) < 4.78 is 0. The fourth-order valence-corrected chi connectivity index (χ4v) is 1.38. The van der Waals surface area contributed by atoms with Gasteiger partial charge in [-0.1, -0.05) is 35.0 Å². The highest BCUT2D eigenvalue weighted by Crippen LogP contribution is 2.18. The molecular formula is C12H16BrNO. The standard InChI is InChI=1S/C12H16BrNO/c1-4-10(13)12(15)14-11-7-8(2)5-6-9(11)3/h5-7,10H,4H2,1-3H3,(H,14,15)/t10-/m1/s1. The van der Waals surface area contributed by atoms with E-state index in [9.17, 15) is 4.79 Å². The van der Waals surface area contributed by atoms with Gasteiger partial charge in [0.15, 0.2) is 0 Å². The van der Waals surface area contributed by atoms with E-state index in [-0.39, 0.29) is 10.7 Å². The molecule has 15 heavy (non-hydrogen) atoms. The molecule has 1 rings (SSSR count). The van der Waals surface area contributed by atoms with E-state index in [1.54, 1.807) is 0 Å². The average Bonchev–Trinajstić information content (AvgIpc) is 2.22. The molecule has 0 saturated heterocycles. The Balaban J connectivity index is 2.80. The third-order valence-corrected chi connectivity index (χ3v) is 3.36. The summed E-state index contributed by atoms with van der Waals surface area (Å²) in [4.78, 5) is 11.5. The monoisotopic (exact) mass is 269 g/mol. The summed E-state index contributed by atoms with van der Waals surface area (Å²) in [6.45, 7) is 5.98. The van der Waals surface area contributed by atoms with Crippen LogP contribution in [-0.2, 0) is 4.79 Å². The number of carbonyl (C=O) groups excluding carboxylic acids is 1. The molecule has 0 saturated carbocycles. The molecule has 1 N–H and O–H groups in total. The molecule has 0 unspecified atom stereocenters. The van der Waals surface area contributed by atoms with E-state index in [2.05, 4.69) is 21.2 Å². The average molecular weight is 270 g/mol. The van der Waals surface area contributed by atoms with Crippen LogP contribution in [0, 0.1) is 13.8 Å². The molecule has 0 bridgehead atoms. The Bertz CT molecular complexity index is 363. The first kappa shape index (κ1) is 12.2. The van der Waals surface area contributed by atoms with E-state index in [0.29, 0.717) is 0 Å². The second kappa shape index (κ2) is 5.31. The molecule has 1 aromatic carbocycles. The zero-order valence-corrected chi connectivity index (χ0v) is 10.9. The zero-order valence-electron chi connectivity index (χ0n) is 9.30. The number of alkyl halides is 1. The maximum absolute atomic E-state index is 11.6. The molecule has 3 heteroatoms. The number of hydrogen-bond acceptors (Lipinski definition) is 1. The highest BCUT2D eigenvalue weighted by molar-refractivity contribution is 9.10. The third kappa shape index (κ3) is 3.34. The number of rotatable bonds is 3. The molecule has 0 radical (unpaired) electrons. The largest absolute Gasteiger partial charge is 0.325 e. The van der Waals surface area contributed by atoms with Gasteiger partial charge in [-0.2, -0.15) is 0 Å². The van der Waals surface area contributed by atoms with Gasteiger partial charge in [-0.05, 0) is 37.5 Å².